The van der Waals surface area contributed by atoms with Gasteiger partial charge in [0.15, 0.2) is 0 Å². The number of alkyl carbamates (subject to hydrolysis) is 1. The summed E-state index contributed by atoms with van der Waals surface area (Å²) in [6.07, 6.45) is 0.545. The van der Waals surface area contributed by atoms with Gasteiger partial charge in [0.05, 0.1) is 5.88 Å². The van der Waals surface area contributed by atoms with E-state index in [0.717, 1.165) is 0 Å². The lowest BCUT2D eigenvalue weighted by Crippen LogP contribution is -2.42. The van der Waals surface area contributed by atoms with Crippen LogP contribution in [-0.2, 0) is 9.53 Å². The Bertz CT molecular complexity index is 207. The standard InChI is InChI=1S/C7H10ClNO4/c1-2-3-13-7(12)9-5(4-8)6(10)11/h2,5H,1,3-4H2,(H,9,12)(H,10,11)/t5-/m1/s1. The van der Waals surface area contributed by atoms with Crippen molar-refractivity contribution in [2.75, 3.05) is 12.5 Å². The monoisotopic (exact) mass is 207 g/mol. The van der Waals surface area contributed by atoms with Crippen molar-refractivity contribution in [2.45, 2.75) is 6.04 Å². The molecule has 0 fully saturated rings. The summed E-state index contributed by atoms with van der Waals surface area (Å²) < 4.78 is 4.48. The van der Waals surface area contributed by atoms with Gasteiger partial charge in [-0.15, -0.1) is 11.6 Å². The van der Waals surface area contributed by atoms with Gasteiger partial charge in [-0.2, -0.15) is 0 Å². The number of hydrogen-bond acceptors (Lipinski definition) is 3. The summed E-state index contributed by atoms with van der Waals surface area (Å²) in [5.74, 6) is -1.41. The van der Waals surface area contributed by atoms with E-state index in [9.17, 15) is 9.59 Å². The van der Waals surface area contributed by atoms with Crippen molar-refractivity contribution < 1.29 is 19.4 Å². The third-order valence-electron chi connectivity index (χ3n) is 1.08. The third-order valence-corrected chi connectivity index (χ3v) is 1.39. The molecule has 1 amide bonds. The van der Waals surface area contributed by atoms with Gasteiger partial charge in [0, 0.05) is 0 Å². The number of carboxylic acids is 1. The number of alkyl halides is 1. The molecule has 0 bridgehead atoms. The minimum absolute atomic E-state index is 0.0282. The molecule has 0 aromatic carbocycles. The number of hydrogen-bond donors (Lipinski definition) is 2. The lowest BCUT2D eigenvalue weighted by molar-refractivity contribution is -0.138. The number of carbonyl (C=O) groups excluding carboxylic acids is 1. The molecule has 0 radical (unpaired) electrons. The number of ether oxygens (including phenoxy) is 1. The van der Waals surface area contributed by atoms with Gasteiger partial charge in [-0.1, -0.05) is 12.7 Å². The van der Waals surface area contributed by atoms with Gasteiger partial charge >= 0.3 is 12.1 Å². The van der Waals surface area contributed by atoms with Crippen molar-refractivity contribution in [3.8, 4) is 0 Å². The van der Waals surface area contributed by atoms with E-state index < -0.39 is 18.1 Å². The van der Waals surface area contributed by atoms with E-state index in [1.165, 1.54) is 6.08 Å². The third kappa shape index (κ3) is 5.08. The topological polar surface area (TPSA) is 75.6 Å². The van der Waals surface area contributed by atoms with Crippen LogP contribution in [0.25, 0.3) is 0 Å². The smallest absolute Gasteiger partial charge is 0.408 e. The molecule has 0 unspecified atom stereocenters. The summed E-state index contributed by atoms with van der Waals surface area (Å²) >= 11 is 5.27. The second-order valence-corrected chi connectivity index (χ2v) is 2.39. The van der Waals surface area contributed by atoms with Crippen molar-refractivity contribution in [2.24, 2.45) is 0 Å². The Morgan fingerprint density at radius 3 is 2.69 bits per heavy atom. The van der Waals surface area contributed by atoms with Gasteiger partial charge in [0.2, 0.25) is 0 Å². The predicted molar refractivity (Wildman–Crippen MR) is 46.8 cm³/mol. The zero-order chi connectivity index (χ0) is 10.3. The second kappa shape index (κ2) is 6.30. The zero-order valence-corrected chi connectivity index (χ0v) is 7.58. The van der Waals surface area contributed by atoms with Crippen LogP contribution in [-0.4, -0.2) is 35.7 Å². The van der Waals surface area contributed by atoms with E-state index in [0.29, 0.717) is 0 Å². The lowest BCUT2D eigenvalue weighted by atomic mass is 10.3. The summed E-state index contributed by atoms with van der Waals surface area (Å²) in [4.78, 5) is 21.1. The van der Waals surface area contributed by atoms with Crippen LogP contribution in [0.15, 0.2) is 12.7 Å². The highest BCUT2D eigenvalue weighted by Gasteiger charge is 2.18. The first-order chi connectivity index (χ1) is 6.11. The number of carbonyl (C=O) groups is 2. The molecule has 0 aromatic heterocycles. The Hall–Kier alpha value is -1.23. The average molecular weight is 208 g/mol. The van der Waals surface area contributed by atoms with Crippen LogP contribution in [0, 0.1) is 0 Å². The molecule has 74 valence electrons. The molecule has 6 heteroatoms. The predicted octanol–water partition coefficient (Wildman–Crippen LogP) is 0.591. The Labute approximate surface area is 80.3 Å². The first kappa shape index (κ1) is 11.8. The highest BCUT2D eigenvalue weighted by molar-refractivity contribution is 6.19. The fourth-order valence-corrected chi connectivity index (χ4v) is 0.694. The van der Waals surface area contributed by atoms with Gasteiger partial charge in [-0.05, 0) is 0 Å². The lowest BCUT2D eigenvalue weighted by Gasteiger charge is -2.10. The molecule has 0 saturated heterocycles. The van der Waals surface area contributed by atoms with E-state index in [-0.39, 0.29) is 12.5 Å². The van der Waals surface area contributed by atoms with Crippen LogP contribution in [0.4, 0.5) is 4.79 Å². The first-order valence-corrected chi connectivity index (χ1v) is 3.98. The Morgan fingerprint density at radius 2 is 2.31 bits per heavy atom. The molecule has 2 N–H and O–H groups in total. The maximum atomic E-state index is 10.8. The van der Waals surface area contributed by atoms with E-state index >= 15 is 0 Å². The Balaban J connectivity index is 3.86. The average Bonchev–Trinajstić information content (AvgIpc) is 2.10. The second-order valence-electron chi connectivity index (χ2n) is 2.08. The van der Waals surface area contributed by atoms with Crippen molar-refractivity contribution in [3.63, 3.8) is 0 Å². The van der Waals surface area contributed by atoms with E-state index in [4.69, 9.17) is 16.7 Å². The minimum atomic E-state index is -1.20. The van der Waals surface area contributed by atoms with E-state index in [1.54, 1.807) is 0 Å². The Kier molecular flexibility index (Phi) is 5.71. The van der Waals surface area contributed by atoms with E-state index in [2.05, 4.69) is 16.6 Å². The van der Waals surface area contributed by atoms with Crippen LogP contribution in [0.2, 0.25) is 0 Å². The molecule has 5 nitrogen and oxygen atoms in total. The van der Waals surface area contributed by atoms with E-state index in [1.807, 2.05) is 0 Å². The fourth-order valence-electron chi connectivity index (χ4n) is 0.485. The zero-order valence-electron chi connectivity index (χ0n) is 6.83. The number of carboxylic acid groups (broad SMARTS) is 1. The van der Waals surface area contributed by atoms with Crippen LogP contribution in [0.5, 0.6) is 0 Å². The number of nitrogens with one attached hydrogen (secondary N) is 1. The van der Waals surface area contributed by atoms with Gasteiger partial charge in [-0.25, -0.2) is 9.59 Å². The van der Waals surface area contributed by atoms with Gasteiger partial charge in [0.1, 0.15) is 12.6 Å². The first-order valence-electron chi connectivity index (χ1n) is 3.44. The number of halogens is 1. The fraction of sp³-hybridized carbons (Fsp3) is 0.429. The maximum absolute atomic E-state index is 10.8. The molecule has 0 rings (SSSR count). The summed E-state index contributed by atoms with van der Waals surface area (Å²) in [6.45, 7) is 3.35. The normalized spacial score (nSPS) is 11.5. The molecule has 1 atom stereocenters. The van der Waals surface area contributed by atoms with Crippen molar-refractivity contribution in [1.82, 2.24) is 5.32 Å². The van der Waals surface area contributed by atoms with Crippen LogP contribution >= 0.6 is 11.6 Å². The van der Waals surface area contributed by atoms with Crippen molar-refractivity contribution in [3.05, 3.63) is 12.7 Å². The van der Waals surface area contributed by atoms with Crippen LogP contribution < -0.4 is 5.32 Å². The van der Waals surface area contributed by atoms with Gasteiger partial charge < -0.3 is 15.2 Å². The molecule has 0 aromatic rings. The van der Waals surface area contributed by atoms with Gasteiger partial charge in [0.25, 0.3) is 0 Å². The highest BCUT2D eigenvalue weighted by Crippen LogP contribution is 1.90. The molecule has 0 spiro atoms. The highest BCUT2D eigenvalue weighted by atomic mass is 35.5. The van der Waals surface area contributed by atoms with Gasteiger partial charge in [-0.3, -0.25) is 0 Å². The molecule has 13 heavy (non-hydrogen) atoms. The molecule has 0 heterocycles. The number of aliphatic carboxylic acids is 1. The quantitative estimate of drug-likeness (QED) is 0.511. The van der Waals surface area contributed by atoms with Crippen molar-refractivity contribution in [1.29, 1.82) is 0 Å². The number of rotatable bonds is 5. The largest absolute Gasteiger partial charge is 0.480 e. The Morgan fingerprint density at radius 1 is 1.69 bits per heavy atom. The maximum Gasteiger partial charge on any atom is 0.408 e. The number of amides is 1. The van der Waals surface area contributed by atoms with Crippen LogP contribution in [0.3, 0.4) is 0 Å². The molecule has 0 saturated carbocycles. The summed E-state index contributed by atoms with van der Waals surface area (Å²) in [5, 5.41) is 10.5. The molecule has 0 aliphatic rings. The summed E-state index contributed by atoms with van der Waals surface area (Å²) in [6, 6.07) is -1.13. The van der Waals surface area contributed by atoms with Crippen LogP contribution in [0.1, 0.15) is 0 Å². The molecule has 0 aliphatic carbocycles. The molecular weight excluding hydrogens is 198 g/mol. The SMILES string of the molecule is C=CCOC(=O)N[C@H](CCl)C(=O)O. The summed E-state index contributed by atoms with van der Waals surface area (Å²) in [5.41, 5.74) is 0. The summed E-state index contributed by atoms with van der Waals surface area (Å²) in [7, 11) is 0. The molecular formula is C7H10ClNO4. The minimum Gasteiger partial charge on any atom is -0.480 e. The van der Waals surface area contributed by atoms with Crippen molar-refractivity contribution >= 4 is 23.7 Å². The molecule has 0 aliphatic heterocycles.